The predicted octanol–water partition coefficient (Wildman–Crippen LogP) is 6.07. The number of aromatic nitrogens is 1. The summed E-state index contributed by atoms with van der Waals surface area (Å²) in [6, 6.07) is 13.7. The van der Waals surface area contributed by atoms with Gasteiger partial charge < -0.3 is 19.5 Å². The number of amides is 2. The number of pyridine rings is 1. The summed E-state index contributed by atoms with van der Waals surface area (Å²) < 4.78 is 17.3. The Morgan fingerprint density at radius 3 is 2.16 bits per heavy atom. The third kappa shape index (κ3) is 12.6. The van der Waals surface area contributed by atoms with Gasteiger partial charge in [0.25, 0.3) is 0 Å². The van der Waals surface area contributed by atoms with Crippen molar-refractivity contribution in [2.45, 2.75) is 103 Å². The van der Waals surface area contributed by atoms with E-state index in [0.29, 0.717) is 18.9 Å². The van der Waals surface area contributed by atoms with E-state index in [1.165, 1.54) is 17.6 Å². The Bertz CT molecular complexity index is 1160. The number of nitrogens with zero attached hydrogens (tertiary/aromatic N) is 2. The van der Waals surface area contributed by atoms with Crippen LogP contribution in [0.3, 0.4) is 0 Å². The van der Waals surface area contributed by atoms with Crippen molar-refractivity contribution in [3.8, 4) is 0 Å². The van der Waals surface area contributed by atoms with Gasteiger partial charge in [0, 0.05) is 12.7 Å². The number of ether oxygens (including phenoxy) is 3. The molecule has 0 bridgehead atoms. The number of esters is 1. The van der Waals surface area contributed by atoms with Gasteiger partial charge in [-0.1, -0.05) is 55.7 Å². The van der Waals surface area contributed by atoms with Crippen molar-refractivity contribution < 1.29 is 28.6 Å². The molecule has 1 aromatic heterocycles. The number of carbonyl (C=O) groups is 3. The van der Waals surface area contributed by atoms with Gasteiger partial charge in [0.2, 0.25) is 0 Å². The van der Waals surface area contributed by atoms with E-state index >= 15 is 0 Å². The van der Waals surface area contributed by atoms with Crippen LogP contribution in [0.5, 0.6) is 0 Å². The largest absolute Gasteiger partial charge is 0.453 e. The van der Waals surface area contributed by atoms with Gasteiger partial charge in [-0.15, -0.1) is 0 Å². The highest BCUT2D eigenvalue weighted by Crippen LogP contribution is 2.23. The summed E-state index contributed by atoms with van der Waals surface area (Å²) in [4.78, 5) is 44.0. The van der Waals surface area contributed by atoms with E-state index in [0.717, 1.165) is 31.2 Å². The van der Waals surface area contributed by atoms with E-state index in [-0.39, 0.29) is 12.2 Å². The van der Waals surface area contributed by atoms with Crippen LogP contribution < -0.4 is 10.7 Å². The number of nitrogens with one attached hydrogen (secondary N) is 2. The molecule has 0 aliphatic heterocycles. The Labute approximate surface area is 255 Å². The predicted molar refractivity (Wildman–Crippen MR) is 164 cm³/mol. The monoisotopic (exact) mass is 596 g/mol. The molecule has 1 fully saturated rings. The van der Waals surface area contributed by atoms with Crippen LogP contribution in [0.2, 0.25) is 0 Å². The molecule has 1 aromatic carbocycles. The number of benzene rings is 1. The van der Waals surface area contributed by atoms with Crippen LogP contribution in [-0.4, -0.2) is 64.6 Å². The second kappa shape index (κ2) is 15.7. The van der Waals surface area contributed by atoms with Crippen molar-refractivity contribution in [1.29, 1.82) is 0 Å². The SMILES string of the molecule is CC(C)(C)OC(=O)NC(Cc1ccccc1)C(CN(NCC1CCCCC1)C(=O)OC(C)(C)C)OC(=O)c1ccccn1. The molecule has 2 atom stereocenters. The summed E-state index contributed by atoms with van der Waals surface area (Å²) in [5.41, 5.74) is 2.80. The summed E-state index contributed by atoms with van der Waals surface area (Å²) >= 11 is 0. The molecule has 1 heterocycles. The third-order valence-corrected chi connectivity index (χ3v) is 6.85. The highest BCUT2D eigenvalue weighted by molar-refractivity contribution is 5.87. The molecule has 1 aliphatic carbocycles. The van der Waals surface area contributed by atoms with Crippen molar-refractivity contribution in [2.75, 3.05) is 13.1 Å². The molecule has 1 saturated carbocycles. The Balaban J connectivity index is 1.95. The van der Waals surface area contributed by atoms with Crippen LogP contribution in [0.1, 0.15) is 89.7 Å². The smallest absolute Gasteiger partial charge is 0.424 e. The lowest BCUT2D eigenvalue weighted by atomic mass is 9.89. The zero-order valence-corrected chi connectivity index (χ0v) is 26.4. The number of rotatable bonds is 11. The highest BCUT2D eigenvalue weighted by Gasteiger charge is 2.34. The van der Waals surface area contributed by atoms with Gasteiger partial charge in [-0.25, -0.2) is 29.8 Å². The van der Waals surface area contributed by atoms with Gasteiger partial charge in [0.05, 0.1) is 12.6 Å². The molecule has 10 heteroatoms. The van der Waals surface area contributed by atoms with E-state index in [1.54, 1.807) is 59.7 Å². The number of hydrogen-bond acceptors (Lipinski definition) is 8. The topological polar surface area (TPSA) is 119 Å². The van der Waals surface area contributed by atoms with Crippen molar-refractivity contribution in [2.24, 2.45) is 5.92 Å². The van der Waals surface area contributed by atoms with E-state index in [9.17, 15) is 14.4 Å². The third-order valence-electron chi connectivity index (χ3n) is 6.85. The first kappa shape index (κ1) is 33.8. The molecule has 2 N–H and O–H groups in total. The molecule has 0 radical (unpaired) electrons. The van der Waals surface area contributed by atoms with Crippen LogP contribution >= 0.6 is 0 Å². The van der Waals surface area contributed by atoms with Crippen LogP contribution in [0.15, 0.2) is 54.7 Å². The Kier molecular flexibility index (Phi) is 12.4. The maximum atomic E-state index is 13.5. The van der Waals surface area contributed by atoms with E-state index < -0.39 is 41.5 Å². The minimum atomic E-state index is -0.992. The molecule has 2 amide bonds. The molecule has 236 valence electrons. The van der Waals surface area contributed by atoms with Crippen molar-refractivity contribution in [3.63, 3.8) is 0 Å². The Morgan fingerprint density at radius 2 is 1.56 bits per heavy atom. The van der Waals surface area contributed by atoms with Crippen LogP contribution in [-0.2, 0) is 20.6 Å². The fourth-order valence-corrected chi connectivity index (χ4v) is 4.86. The molecule has 43 heavy (non-hydrogen) atoms. The van der Waals surface area contributed by atoms with Gasteiger partial charge in [0.15, 0.2) is 0 Å². The summed E-state index contributed by atoms with van der Waals surface area (Å²) in [7, 11) is 0. The van der Waals surface area contributed by atoms with Crippen molar-refractivity contribution in [1.82, 2.24) is 20.7 Å². The maximum absolute atomic E-state index is 13.5. The summed E-state index contributed by atoms with van der Waals surface area (Å²) in [6.45, 7) is 11.2. The molecule has 0 spiro atoms. The average molecular weight is 597 g/mol. The van der Waals surface area contributed by atoms with Gasteiger partial charge in [-0.2, -0.15) is 0 Å². The fourth-order valence-electron chi connectivity index (χ4n) is 4.86. The van der Waals surface area contributed by atoms with Gasteiger partial charge >= 0.3 is 18.2 Å². The first-order valence-electron chi connectivity index (χ1n) is 15.2. The number of hydrazine groups is 1. The Morgan fingerprint density at radius 1 is 0.907 bits per heavy atom. The van der Waals surface area contributed by atoms with E-state index in [2.05, 4.69) is 15.7 Å². The normalized spacial score (nSPS) is 15.6. The standard InChI is InChI=1S/C33H48N4O6/c1-32(2,3)42-30(39)36-27(21-24-15-9-7-10-16-24)28(41-29(38)26-19-13-14-20-34-26)23-37(31(40)43-33(4,5)6)35-22-25-17-11-8-12-18-25/h7,9-10,13-16,19-20,25,27-28,35H,8,11-12,17-18,21-23H2,1-6H3,(H,36,39). The lowest BCUT2D eigenvalue weighted by molar-refractivity contribution is -0.0201. The van der Waals surface area contributed by atoms with Crippen LogP contribution in [0.4, 0.5) is 9.59 Å². The van der Waals surface area contributed by atoms with Crippen LogP contribution in [0, 0.1) is 5.92 Å². The maximum Gasteiger partial charge on any atom is 0.424 e. The zero-order valence-electron chi connectivity index (χ0n) is 26.4. The lowest BCUT2D eigenvalue weighted by Crippen LogP contribution is -2.57. The molecule has 0 saturated heterocycles. The summed E-state index contributed by atoms with van der Waals surface area (Å²) in [5.74, 6) is -0.265. The van der Waals surface area contributed by atoms with Gasteiger partial charge in [-0.05, 0) is 84.4 Å². The summed E-state index contributed by atoms with van der Waals surface area (Å²) in [5, 5.41) is 4.28. The van der Waals surface area contributed by atoms with Gasteiger partial charge in [-0.3, -0.25) is 0 Å². The quantitative estimate of drug-likeness (QED) is 0.182. The fraction of sp³-hybridized carbons (Fsp3) is 0.576. The molecule has 10 nitrogen and oxygen atoms in total. The second-order valence-corrected chi connectivity index (χ2v) is 13.1. The van der Waals surface area contributed by atoms with Crippen LogP contribution in [0.25, 0.3) is 0 Å². The lowest BCUT2D eigenvalue weighted by Gasteiger charge is -2.35. The number of alkyl carbamates (subject to hydrolysis) is 1. The molecule has 3 rings (SSSR count). The highest BCUT2D eigenvalue weighted by atomic mass is 16.6. The minimum absolute atomic E-state index is 0.0898. The number of carbonyl (C=O) groups excluding carboxylic acids is 3. The van der Waals surface area contributed by atoms with Crippen molar-refractivity contribution >= 4 is 18.2 Å². The molecule has 2 unspecified atom stereocenters. The first-order chi connectivity index (χ1) is 20.3. The number of hydrogen-bond donors (Lipinski definition) is 2. The molecule has 1 aliphatic rings. The summed E-state index contributed by atoms with van der Waals surface area (Å²) in [6.07, 6.45) is 5.24. The molecular weight excluding hydrogens is 548 g/mol. The second-order valence-electron chi connectivity index (χ2n) is 13.1. The first-order valence-corrected chi connectivity index (χ1v) is 15.2. The molecular formula is C33H48N4O6. The minimum Gasteiger partial charge on any atom is -0.453 e. The van der Waals surface area contributed by atoms with E-state index in [1.807, 2.05) is 30.3 Å². The molecule has 2 aromatic rings. The van der Waals surface area contributed by atoms with Crippen molar-refractivity contribution in [3.05, 3.63) is 66.0 Å². The van der Waals surface area contributed by atoms with Gasteiger partial charge in [0.1, 0.15) is 23.0 Å². The average Bonchev–Trinajstić information content (AvgIpc) is 2.94. The Hall–Kier alpha value is -3.66. The van der Waals surface area contributed by atoms with E-state index in [4.69, 9.17) is 14.2 Å². The zero-order chi connectivity index (χ0) is 31.5.